The first-order valence-corrected chi connectivity index (χ1v) is 17.0. The van der Waals surface area contributed by atoms with E-state index in [1.807, 2.05) is 0 Å². The molecule has 0 aliphatic heterocycles. The van der Waals surface area contributed by atoms with Crippen LogP contribution < -0.4 is 0 Å². The van der Waals surface area contributed by atoms with Crippen molar-refractivity contribution in [3.05, 3.63) is 119 Å². The van der Waals surface area contributed by atoms with Crippen LogP contribution in [0.25, 0.3) is 22.3 Å². The summed E-state index contributed by atoms with van der Waals surface area (Å²) in [6, 6.07) is 37.6. The molecule has 0 amide bonds. The van der Waals surface area contributed by atoms with E-state index in [2.05, 4.69) is 111 Å². The number of fused-ring (bicyclic) bond motifs is 6. The maximum absolute atomic E-state index is 2.48. The van der Waals surface area contributed by atoms with Gasteiger partial charge in [-0.15, -0.1) is 0 Å². The first kappa shape index (κ1) is 23.2. The van der Waals surface area contributed by atoms with Crippen LogP contribution >= 0.6 is 0 Å². The average Bonchev–Trinajstić information content (AvgIpc) is 3.35. The predicted molar refractivity (Wildman–Crippen MR) is 144 cm³/mol. The van der Waals surface area contributed by atoms with E-state index < -0.39 is 22.9 Å². The van der Waals surface area contributed by atoms with E-state index in [1.165, 1.54) is 60.8 Å². The Morgan fingerprint density at radius 1 is 0.457 bits per heavy atom. The molecule has 174 valence electrons. The van der Waals surface area contributed by atoms with Gasteiger partial charge in [-0.3, -0.25) is 0 Å². The Morgan fingerprint density at radius 2 is 0.743 bits per heavy atom. The number of hydrogen-bond donors (Lipinski definition) is 0. The van der Waals surface area contributed by atoms with Gasteiger partial charge in [-0.1, -0.05) is 0 Å². The van der Waals surface area contributed by atoms with E-state index in [1.54, 1.807) is 22.3 Å². The van der Waals surface area contributed by atoms with Crippen molar-refractivity contribution in [2.45, 2.75) is 58.7 Å². The van der Waals surface area contributed by atoms with Gasteiger partial charge in [0.05, 0.1) is 0 Å². The molecule has 0 saturated carbocycles. The topological polar surface area (TPSA) is 0 Å². The van der Waals surface area contributed by atoms with E-state index in [4.69, 9.17) is 0 Å². The summed E-state index contributed by atoms with van der Waals surface area (Å²) < 4.78 is 0.447. The number of benzene rings is 4. The number of hydrogen-bond acceptors (Lipinski definition) is 0. The van der Waals surface area contributed by atoms with E-state index in [-0.39, 0.29) is 6.34 Å². The van der Waals surface area contributed by atoms with Crippen LogP contribution in [0, 0.1) is 0 Å². The van der Waals surface area contributed by atoms with Crippen LogP contribution in [0.5, 0.6) is 0 Å². The Bertz CT molecular complexity index is 1170. The van der Waals surface area contributed by atoms with Gasteiger partial charge in [0.25, 0.3) is 0 Å². The molecule has 2 aliphatic carbocycles. The minimum absolute atomic E-state index is 0.224. The van der Waals surface area contributed by atoms with Crippen molar-refractivity contribution in [3.8, 4) is 22.3 Å². The van der Waals surface area contributed by atoms with Crippen LogP contribution in [-0.4, -0.2) is 0 Å². The molecule has 0 nitrogen and oxygen atoms in total. The minimum atomic E-state index is -1.47. The van der Waals surface area contributed by atoms with Crippen LogP contribution in [0.3, 0.4) is 0 Å². The van der Waals surface area contributed by atoms with Crippen molar-refractivity contribution in [2.75, 3.05) is 0 Å². The Labute approximate surface area is 222 Å². The summed E-state index contributed by atoms with van der Waals surface area (Å²) in [6.07, 6.45) is 7.68. The molecular formula is C34H34Hf. The molecule has 2 aliphatic rings. The Kier molecular flexibility index (Phi) is 6.17. The summed E-state index contributed by atoms with van der Waals surface area (Å²) >= 11 is -1.47. The average molecular weight is 621 g/mol. The SMILES string of the molecule is CCCC[C]1([Hf][C]2(CCCC)c3ccccc3-c3ccccc32)c2ccccc2-c2ccccc21. The quantitative estimate of drug-likeness (QED) is 0.172. The van der Waals surface area contributed by atoms with E-state index in [9.17, 15) is 0 Å². The molecule has 0 atom stereocenters. The van der Waals surface area contributed by atoms with Crippen LogP contribution in [0.15, 0.2) is 97.1 Å². The third-order valence-electron chi connectivity index (χ3n) is 8.37. The van der Waals surface area contributed by atoms with E-state index in [0.717, 1.165) is 0 Å². The molecule has 0 saturated heterocycles. The van der Waals surface area contributed by atoms with Crippen molar-refractivity contribution < 1.29 is 22.9 Å². The number of rotatable bonds is 8. The second kappa shape index (κ2) is 9.32. The molecule has 0 fully saturated rings. The number of unbranched alkanes of at least 4 members (excludes halogenated alkanes) is 2. The fraction of sp³-hybridized carbons (Fsp3) is 0.294. The van der Waals surface area contributed by atoms with Crippen LogP contribution in [0.1, 0.15) is 74.6 Å². The normalized spacial score (nSPS) is 15.7. The van der Waals surface area contributed by atoms with Crippen molar-refractivity contribution in [3.63, 3.8) is 0 Å². The molecule has 0 bridgehead atoms. The third-order valence-corrected chi connectivity index (χ3v) is 17.1. The second-order valence-electron chi connectivity index (χ2n) is 10.3. The summed E-state index contributed by atoms with van der Waals surface area (Å²) in [4.78, 5) is 0. The fourth-order valence-electron chi connectivity index (χ4n) is 6.83. The van der Waals surface area contributed by atoms with Gasteiger partial charge < -0.3 is 0 Å². The summed E-state index contributed by atoms with van der Waals surface area (Å²) in [6.45, 7) is 4.72. The zero-order valence-corrected chi connectivity index (χ0v) is 24.6. The molecule has 35 heavy (non-hydrogen) atoms. The molecule has 6 rings (SSSR count). The van der Waals surface area contributed by atoms with E-state index in [0.29, 0.717) is 0 Å². The van der Waals surface area contributed by atoms with Crippen LogP contribution in [-0.2, 0) is 29.2 Å². The molecule has 0 unspecified atom stereocenters. The molecule has 4 aromatic rings. The first-order chi connectivity index (χ1) is 17.2. The van der Waals surface area contributed by atoms with Gasteiger partial charge in [-0.25, -0.2) is 0 Å². The molecule has 0 aromatic heterocycles. The molecule has 0 spiro atoms. The van der Waals surface area contributed by atoms with Crippen molar-refractivity contribution >= 4 is 0 Å². The van der Waals surface area contributed by atoms with Gasteiger partial charge in [0.1, 0.15) is 0 Å². The standard InChI is InChI=1S/2C17H17.Hf/c2*1-2-3-8-13-14-9-4-6-11-16(14)17-12-7-5-10-15(13)17;/h2*4-7,9-12H,2-3,8H2,1H3;. The van der Waals surface area contributed by atoms with Crippen molar-refractivity contribution in [2.24, 2.45) is 0 Å². The monoisotopic (exact) mass is 622 g/mol. The van der Waals surface area contributed by atoms with Gasteiger partial charge in [0.2, 0.25) is 0 Å². The summed E-state index contributed by atoms with van der Waals surface area (Å²) in [7, 11) is 0. The molecular weight excluding hydrogens is 587 g/mol. The first-order valence-electron chi connectivity index (χ1n) is 13.4. The molecule has 0 radical (unpaired) electrons. The molecule has 1 heteroatoms. The Morgan fingerprint density at radius 3 is 1.03 bits per heavy atom. The molecule has 0 heterocycles. The van der Waals surface area contributed by atoms with Crippen LogP contribution in [0.4, 0.5) is 0 Å². The Balaban J connectivity index is 1.63. The van der Waals surface area contributed by atoms with E-state index >= 15 is 0 Å². The zero-order valence-electron chi connectivity index (χ0n) is 21.0. The fourth-order valence-corrected chi connectivity index (χ4v) is 16.7. The van der Waals surface area contributed by atoms with Crippen LogP contribution in [0.2, 0.25) is 0 Å². The van der Waals surface area contributed by atoms with Crippen molar-refractivity contribution in [1.82, 2.24) is 0 Å². The Hall–Kier alpha value is -2.25. The summed E-state index contributed by atoms with van der Waals surface area (Å²) in [5.41, 5.74) is 12.5. The second-order valence-corrected chi connectivity index (χ2v) is 17.4. The third kappa shape index (κ3) is 3.49. The summed E-state index contributed by atoms with van der Waals surface area (Å²) in [5.74, 6) is 0. The van der Waals surface area contributed by atoms with Gasteiger partial charge in [-0.2, -0.15) is 0 Å². The maximum atomic E-state index is 2.48. The molecule has 4 aromatic carbocycles. The van der Waals surface area contributed by atoms with Gasteiger partial charge in [0.15, 0.2) is 0 Å². The summed E-state index contributed by atoms with van der Waals surface area (Å²) in [5, 5.41) is 0. The van der Waals surface area contributed by atoms with Crippen molar-refractivity contribution in [1.29, 1.82) is 0 Å². The predicted octanol–water partition coefficient (Wildman–Crippen LogP) is 9.30. The van der Waals surface area contributed by atoms with Gasteiger partial charge >= 0.3 is 223 Å². The zero-order chi connectivity index (χ0) is 23.9. The van der Waals surface area contributed by atoms with Gasteiger partial charge in [-0.05, 0) is 0 Å². The molecule has 0 N–H and O–H groups in total. The van der Waals surface area contributed by atoms with Gasteiger partial charge in [0, 0.05) is 0 Å².